The maximum atomic E-state index is 4.56. The molecule has 1 saturated heterocycles. The summed E-state index contributed by atoms with van der Waals surface area (Å²) in [7, 11) is 0. The standard InChI is InChI=1S/C12H16N2/c1-3-9-7-10(8-14-11(9)4-1)12-5-2-6-13-12/h7-8,12-13H,1-6H2. The second-order valence-electron chi connectivity index (χ2n) is 4.38. The molecule has 0 bridgehead atoms. The molecule has 2 nitrogen and oxygen atoms in total. The van der Waals surface area contributed by atoms with Gasteiger partial charge in [0.2, 0.25) is 0 Å². The van der Waals surface area contributed by atoms with Gasteiger partial charge in [0, 0.05) is 17.9 Å². The van der Waals surface area contributed by atoms with Crippen LogP contribution >= 0.6 is 0 Å². The summed E-state index contributed by atoms with van der Waals surface area (Å²) in [5.41, 5.74) is 4.24. The van der Waals surface area contributed by atoms with Crippen molar-refractivity contribution >= 4 is 0 Å². The lowest BCUT2D eigenvalue weighted by atomic mass is 10.0. The van der Waals surface area contributed by atoms with Crippen LogP contribution in [0.15, 0.2) is 12.3 Å². The van der Waals surface area contributed by atoms with E-state index >= 15 is 0 Å². The van der Waals surface area contributed by atoms with Crippen molar-refractivity contribution < 1.29 is 0 Å². The maximum Gasteiger partial charge on any atom is 0.0435 e. The van der Waals surface area contributed by atoms with E-state index in [4.69, 9.17) is 0 Å². The average molecular weight is 188 g/mol. The lowest BCUT2D eigenvalue weighted by molar-refractivity contribution is 0.643. The Balaban J connectivity index is 1.91. The van der Waals surface area contributed by atoms with E-state index in [9.17, 15) is 0 Å². The molecular formula is C12H16N2. The topological polar surface area (TPSA) is 24.9 Å². The number of rotatable bonds is 1. The van der Waals surface area contributed by atoms with Crippen LogP contribution in [-0.4, -0.2) is 11.5 Å². The Bertz CT molecular complexity index is 340. The van der Waals surface area contributed by atoms with Gasteiger partial charge >= 0.3 is 0 Å². The summed E-state index contributed by atoms with van der Waals surface area (Å²) in [4.78, 5) is 4.56. The highest BCUT2D eigenvalue weighted by atomic mass is 14.9. The fourth-order valence-corrected chi connectivity index (χ4v) is 2.60. The molecule has 1 N–H and O–H groups in total. The van der Waals surface area contributed by atoms with E-state index in [1.54, 1.807) is 0 Å². The van der Waals surface area contributed by atoms with Crippen LogP contribution in [0.1, 0.15) is 42.1 Å². The Morgan fingerprint density at radius 3 is 3.14 bits per heavy atom. The fourth-order valence-electron chi connectivity index (χ4n) is 2.60. The highest BCUT2D eigenvalue weighted by Crippen LogP contribution is 2.27. The first-order chi connectivity index (χ1) is 6.93. The molecule has 1 aliphatic heterocycles. The fraction of sp³-hybridized carbons (Fsp3) is 0.583. The van der Waals surface area contributed by atoms with E-state index in [0.717, 1.165) is 0 Å². The van der Waals surface area contributed by atoms with Gasteiger partial charge in [-0.25, -0.2) is 0 Å². The zero-order chi connectivity index (χ0) is 9.38. The number of hydrogen-bond donors (Lipinski definition) is 1. The van der Waals surface area contributed by atoms with E-state index < -0.39 is 0 Å². The Morgan fingerprint density at radius 2 is 2.29 bits per heavy atom. The van der Waals surface area contributed by atoms with Gasteiger partial charge in [-0.3, -0.25) is 4.98 Å². The second kappa shape index (κ2) is 3.35. The summed E-state index contributed by atoms with van der Waals surface area (Å²) in [5, 5.41) is 3.52. The SMILES string of the molecule is c1nc2c(cc1C1CCCN1)CCC2. The van der Waals surface area contributed by atoms with Crippen molar-refractivity contribution in [2.24, 2.45) is 0 Å². The maximum absolute atomic E-state index is 4.56. The van der Waals surface area contributed by atoms with Gasteiger partial charge in [-0.05, 0) is 49.8 Å². The number of aromatic nitrogens is 1. The van der Waals surface area contributed by atoms with E-state index in [-0.39, 0.29) is 0 Å². The number of aryl methyl sites for hydroxylation is 2. The van der Waals surface area contributed by atoms with Crippen molar-refractivity contribution in [1.82, 2.24) is 10.3 Å². The summed E-state index contributed by atoms with van der Waals surface area (Å²) in [6, 6.07) is 2.95. The molecule has 1 unspecified atom stereocenters. The molecule has 1 aromatic rings. The summed E-state index contributed by atoms with van der Waals surface area (Å²) >= 11 is 0. The molecule has 0 saturated carbocycles. The molecule has 2 heteroatoms. The third-order valence-corrected chi connectivity index (χ3v) is 3.40. The van der Waals surface area contributed by atoms with Gasteiger partial charge in [-0.1, -0.05) is 6.07 Å². The highest BCUT2D eigenvalue weighted by Gasteiger charge is 2.19. The number of fused-ring (bicyclic) bond motifs is 1. The Morgan fingerprint density at radius 1 is 1.29 bits per heavy atom. The van der Waals surface area contributed by atoms with Crippen molar-refractivity contribution in [3.8, 4) is 0 Å². The van der Waals surface area contributed by atoms with E-state index in [0.29, 0.717) is 6.04 Å². The van der Waals surface area contributed by atoms with Crippen molar-refractivity contribution in [2.45, 2.75) is 38.1 Å². The molecule has 2 heterocycles. The molecule has 0 amide bonds. The van der Waals surface area contributed by atoms with Crippen molar-refractivity contribution in [2.75, 3.05) is 6.54 Å². The molecular weight excluding hydrogens is 172 g/mol. The molecule has 1 aromatic heterocycles. The zero-order valence-electron chi connectivity index (χ0n) is 8.42. The second-order valence-corrected chi connectivity index (χ2v) is 4.38. The predicted octanol–water partition coefficient (Wildman–Crippen LogP) is 1.99. The smallest absolute Gasteiger partial charge is 0.0435 e. The number of hydrogen-bond acceptors (Lipinski definition) is 2. The quantitative estimate of drug-likeness (QED) is 0.729. The van der Waals surface area contributed by atoms with Crippen LogP contribution in [0.4, 0.5) is 0 Å². The Kier molecular flexibility index (Phi) is 2.02. The van der Waals surface area contributed by atoms with Crippen LogP contribution in [0.2, 0.25) is 0 Å². The largest absolute Gasteiger partial charge is 0.310 e. The van der Waals surface area contributed by atoms with Crippen LogP contribution in [0.5, 0.6) is 0 Å². The van der Waals surface area contributed by atoms with E-state index in [1.807, 2.05) is 0 Å². The van der Waals surface area contributed by atoms with Crippen molar-refractivity contribution in [3.05, 3.63) is 29.1 Å². The average Bonchev–Trinajstić information content (AvgIpc) is 2.88. The van der Waals surface area contributed by atoms with Gasteiger partial charge in [-0.15, -0.1) is 0 Å². The lowest BCUT2D eigenvalue weighted by Crippen LogP contribution is -2.13. The summed E-state index contributed by atoms with van der Waals surface area (Å²) in [5.74, 6) is 0. The molecule has 1 fully saturated rings. The van der Waals surface area contributed by atoms with E-state index in [2.05, 4.69) is 22.6 Å². The molecule has 74 valence electrons. The summed E-state index contributed by atoms with van der Waals surface area (Å²) in [6.45, 7) is 1.17. The molecule has 3 rings (SSSR count). The first kappa shape index (κ1) is 8.42. The van der Waals surface area contributed by atoms with Gasteiger partial charge in [0.15, 0.2) is 0 Å². The van der Waals surface area contributed by atoms with Gasteiger partial charge < -0.3 is 5.32 Å². The van der Waals surface area contributed by atoms with Crippen molar-refractivity contribution in [1.29, 1.82) is 0 Å². The first-order valence-electron chi connectivity index (χ1n) is 5.64. The Labute approximate surface area is 84.7 Å². The first-order valence-corrected chi connectivity index (χ1v) is 5.64. The minimum Gasteiger partial charge on any atom is -0.310 e. The minimum atomic E-state index is 0.577. The number of nitrogens with zero attached hydrogens (tertiary/aromatic N) is 1. The summed E-state index contributed by atoms with van der Waals surface area (Å²) < 4.78 is 0. The summed E-state index contributed by atoms with van der Waals surface area (Å²) in [6.07, 6.45) is 8.38. The van der Waals surface area contributed by atoms with Crippen LogP contribution in [0.3, 0.4) is 0 Å². The zero-order valence-corrected chi connectivity index (χ0v) is 8.42. The van der Waals surface area contributed by atoms with Crippen LogP contribution < -0.4 is 5.32 Å². The monoisotopic (exact) mass is 188 g/mol. The van der Waals surface area contributed by atoms with E-state index in [1.165, 1.54) is 55.5 Å². The highest BCUT2D eigenvalue weighted by molar-refractivity contribution is 5.30. The molecule has 14 heavy (non-hydrogen) atoms. The lowest BCUT2D eigenvalue weighted by Gasteiger charge is -2.11. The third kappa shape index (κ3) is 1.34. The minimum absolute atomic E-state index is 0.577. The molecule has 2 aliphatic rings. The van der Waals surface area contributed by atoms with Crippen molar-refractivity contribution in [3.63, 3.8) is 0 Å². The Hall–Kier alpha value is -0.890. The van der Waals surface area contributed by atoms with Gasteiger partial charge in [-0.2, -0.15) is 0 Å². The van der Waals surface area contributed by atoms with Gasteiger partial charge in [0.1, 0.15) is 0 Å². The molecule has 1 aliphatic carbocycles. The van der Waals surface area contributed by atoms with Crippen LogP contribution in [-0.2, 0) is 12.8 Å². The number of pyridine rings is 1. The van der Waals surface area contributed by atoms with Crippen LogP contribution in [0, 0.1) is 0 Å². The van der Waals surface area contributed by atoms with Crippen LogP contribution in [0.25, 0.3) is 0 Å². The van der Waals surface area contributed by atoms with Gasteiger partial charge in [0.25, 0.3) is 0 Å². The number of nitrogens with one attached hydrogen (secondary N) is 1. The molecule has 0 radical (unpaired) electrons. The normalized spacial score (nSPS) is 25.3. The molecule has 0 aromatic carbocycles. The molecule has 0 spiro atoms. The molecule has 1 atom stereocenters. The predicted molar refractivity (Wildman–Crippen MR) is 56.2 cm³/mol. The third-order valence-electron chi connectivity index (χ3n) is 3.40. The van der Waals surface area contributed by atoms with Gasteiger partial charge in [0.05, 0.1) is 0 Å².